The number of rotatable bonds is 5. The van der Waals surface area contributed by atoms with E-state index in [0.29, 0.717) is 17.3 Å². The maximum atomic E-state index is 12.2. The molecule has 0 aromatic heterocycles. The van der Waals surface area contributed by atoms with E-state index >= 15 is 0 Å². The minimum atomic E-state index is -0.933. The third-order valence-corrected chi connectivity index (χ3v) is 3.37. The summed E-state index contributed by atoms with van der Waals surface area (Å²) in [5, 5.41) is 12.0. The molecule has 1 unspecified atom stereocenters. The van der Waals surface area contributed by atoms with Gasteiger partial charge in [-0.25, -0.2) is 4.79 Å². The summed E-state index contributed by atoms with van der Waals surface area (Å²) in [6, 6.07) is 4.61. The second kappa shape index (κ2) is 7.14. The maximum Gasteiger partial charge on any atom is 0.322 e. The highest BCUT2D eigenvalue weighted by molar-refractivity contribution is 6.33. The third-order valence-electron chi connectivity index (χ3n) is 3.06. The van der Waals surface area contributed by atoms with Gasteiger partial charge in [-0.05, 0) is 32.4 Å². The molecule has 1 atom stereocenters. The molecule has 0 saturated carbocycles. The SMILES string of the molecule is CCN(C(=O)Nc1c(C)cccc1Cl)C(C)CC(=O)O. The number of benzene rings is 1. The van der Waals surface area contributed by atoms with Crippen LogP contribution in [0.3, 0.4) is 0 Å². The van der Waals surface area contributed by atoms with Gasteiger partial charge in [-0.3, -0.25) is 4.79 Å². The average Bonchev–Trinajstić information content (AvgIpc) is 2.34. The van der Waals surface area contributed by atoms with Crippen LogP contribution < -0.4 is 5.32 Å². The van der Waals surface area contributed by atoms with Crippen LogP contribution in [0.25, 0.3) is 0 Å². The monoisotopic (exact) mass is 298 g/mol. The molecule has 0 saturated heterocycles. The fourth-order valence-corrected chi connectivity index (χ4v) is 2.26. The number of aryl methyl sites for hydroxylation is 1. The van der Waals surface area contributed by atoms with Gasteiger partial charge in [-0.15, -0.1) is 0 Å². The zero-order chi connectivity index (χ0) is 15.3. The van der Waals surface area contributed by atoms with Crippen molar-refractivity contribution in [3.8, 4) is 0 Å². The number of aliphatic carboxylic acids is 1. The van der Waals surface area contributed by atoms with Gasteiger partial charge < -0.3 is 15.3 Å². The number of urea groups is 1. The number of carbonyl (C=O) groups excluding carboxylic acids is 1. The first-order valence-corrected chi connectivity index (χ1v) is 6.79. The van der Waals surface area contributed by atoms with Crippen LogP contribution >= 0.6 is 11.6 Å². The summed E-state index contributed by atoms with van der Waals surface area (Å²) >= 11 is 6.06. The van der Waals surface area contributed by atoms with Crippen LogP contribution in [0.5, 0.6) is 0 Å². The Morgan fingerprint density at radius 3 is 2.60 bits per heavy atom. The summed E-state index contributed by atoms with van der Waals surface area (Å²) in [6.45, 7) is 5.77. The second-order valence-corrected chi connectivity index (χ2v) is 5.00. The molecule has 110 valence electrons. The molecule has 0 bridgehead atoms. The Hall–Kier alpha value is -1.75. The van der Waals surface area contributed by atoms with E-state index in [0.717, 1.165) is 5.56 Å². The summed E-state index contributed by atoms with van der Waals surface area (Å²) in [7, 11) is 0. The second-order valence-electron chi connectivity index (χ2n) is 4.59. The van der Waals surface area contributed by atoms with Crippen LogP contribution in [0.15, 0.2) is 18.2 Å². The highest BCUT2D eigenvalue weighted by Gasteiger charge is 2.21. The Kier molecular flexibility index (Phi) is 5.82. The van der Waals surface area contributed by atoms with Crippen molar-refractivity contribution in [2.45, 2.75) is 33.2 Å². The van der Waals surface area contributed by atoms with Crippen LogP contribution in [0, 0.1) is 6.92 Å². The molecule has 0 aliphatic rings. The molecule has 2 amide bonds. The number of hydrogen-bond acceptors (Lipinski definition) is 2. The fourth-order valence-electron chi connectivity index (χ4n) is 1.99. The highest BCUT2D eigenvalue weighted by atomic mass is 35.5. The van der Waals surface area contributed by atoms with Crippen LogP contribution in [-0.4, -0.2) is 34.6 Å². The van der Waals surface area contributed by atoms with Gasteiger partial charge >= 0.3 is 12.0 Å². The Morgan fingerprint density at radius 2 is 2.10 bits per heavy atom. The molecular weight excluding hydrogens is 280 g/mol. The average molecular weight is 299 g/mol. The number of carbonyl (C=O) groups is 2. The van der Waals surface area contributed by atoms with Crippen LogP contribution in [-0.2, 0) is 4.79 Å². The van der Waals surface area contributed by atoms with Gasteiger partial charge in [-0.1, -0.05) is 23.7 Å². The van der Waals surface area contributed by atoms with Gasteiger partial charge in [0.1, 0.15) is 0 Å². The highest BCUT2D eigenvalue weighted by Crippen LogP contribution is 2.25. The first-order valence-electron chi connectivity index (χ1n) is 6.41. The Balaban J connectivity index is 2.85. The summed E-state index contributed by atoms with van der Waals surface area (Å²) in [5.74, 6) is -0.933. The topological polar surface area (TPSA) is 69.6 Å². The molecule has 6 heteroatoms. The molecule has 1 rings (SSSR count). The first-order chi connectivity index (χ1) is 9.36. The maximum absolute atomic E-state index is 12.2. The van der Waals surface area contributed by atoms with E-state index in [1.165, 1.54) is 4.90 Å². The minimum absolute atomic E-state index is 0.0945. The molecule has 0 spiro atoms. The number of nitrogens with one attached hydrogen (secondary N) is 1. The molecule has 5 nitrogen and oxygen atoms in total. The lowest BCUT2D eigenvalue weighted by Crippen LogP contribution is -2.42. The number of anilines is 1. The molecule has 0 aliphatic carbocycles. The molecule has 0 aliphatic heterocycles. The Labute approximate surface area is 123 Å². The van der Waals surface area contributed by atoms with Gasteiger partial charge in [0.05, 0.1) is 17.1 Å². The molecule has 20 heavy (non-hydrogen) atoms. The van der Waals surface area contributed by atoms with Gasteiger partial charge in [-0.2, -0.15) is 0 Å². The van der Waals surface area contributed by atoms with Crippen LogP contribution in [0.2, 0.25) is 5.02 Å². The molecule has 1 aromatic rings. The number of nitrogens with zero attached hydrogens (tertiary/aromatic N) is 1. The summed E-state index contributed by atoms with van der Waals surface area (Å²) in [5.41, 5.74) is 1.41. The minimum Gasteiger partial charge on any atom is -0.481 e. The van der Waals surface area contributed by atoms with E-state index in [-0.39, 0.29) is 18.5 Å². The lowest BCUT2D eigenvalue weighted by Gasteiger charge is -2.27. The van der Waals surface area contributed by atoms with E-state index in [1.54, 1.807) is 26.0 Å². The standard InChI is InChI=1S/C14H19ClN2O3/c1-4-17(10(3)8-12(18)19)14(20)16-13-9(2)6-5-7-11(13)15/h5-7,10H,4,8H2,1-3H3,(H,16,20)(H,18,19). The van der Waals surface area contributed by atoms with Gasteiger partial charge in [0.15, 0.2) is 0 Å². The number of carboxylic acid groups (broad SMARTS) is 1. The predicted molar refractivity (Wildman–Crippen MR) is 79.3 cm³/mol. The lowest BCUT2D eigenvalue weighted by atomic mass is 10.2. The largest absolute Gasteiger partial charge is 0.481 e. The fraction of sp³-hybridized carbons (Fsp3) is 0.429. The quantitative estimate of drug-likeness (QED) is 0.875. The van der Waals surface area contributed by atoms with Crippen LogP contribution in [0.1, 0.15) is 25.8 Å². The predicted octanol–water partition coefficient (Wildman–Crippen LogP) is 3.37. The molecular formula is C14H19ClN2O3. The zero-order valence-corrected chi connectivity index (χ0v) is 12.6. The van der Waals surface area contributed by atoms with E-state index < -0.39 is 5.97 Å². The van der Waals surface area contributed by atoms with Crippen molar-refractivity contribution in [1.29, 1.82) is 0 Å². The van der Waals surface area contributed by atoms with Crippen LogP contribution in [0.4, 0.5) is 10.5 Å². The molecule has 0 heterocycles. The molecule has 0 fully saturated rings. The van der Waals surface area contributed by atoms with Gasteiger partial charge in [0, 0.05) is 12.6 Å². The number of halogens is 1. The van der Waals surface area contributed by atoms with E-state index in [1.807, 2.05) is 13.0 Å². The van der Waals surface area contributed by atoms with E-state index in [4.69, 9.17) is 16.7 Å². The number of hydrogen-bond donors (Lipinski definition) is 2. The number of amides is 2. The normalized spacial score (nSPS) is 11.8. The molecule has 2 N–H and O–H groups in total. The van der Waals surface area contributed by atoms with Crippen molar-refractivity contribution in [1.82, 2.24) is 4.90 Å². The van der Waals surface area contributed by atoms with Crippen molar-refractivity contribution in [3.63, 3.8) is 0 Å². The van der Waals surface area contributed by atoms with Crippen molar-refractivity contribution in [2.24, 2.45) is 0 Å². The van der Waals surface area contributed by atoms with Crippen molar-refractivity contribution in [3.05, 3.63) is 28.8 Å². The lowest BCUT2D eigenvalue weighted by molar-refractivity contribution is -0.137. The number of para-hydroxylation sites is 1. The summed E-state index contributed by atoms with van der Waals surface area (Å²) in [6.07, 6.45) is -0.0945. The first kappa shape index (κ1) is 16.3. The Bertz CT molecular complexity index is 485. The number of carboxylic acids is 1. The zero-order valence-electron chi connectivity index (χ0n) is 11.8. The Morgan fingerprint density at radius 1 is 1.45 bits per heavy atom. The summed E-state index contributed by atoms with van der Waals surface area (Å²) < 4.78 is 0. The van der Waals surface area contributed by atoms with E-state index in [2.05, 4.69) is 5.32 Å². The molecule has 1 aromatic carbocycles. The molecule has 0 radical (unpaired) electrons. The summed E-state index contributed by atoms with van der Waals surface area (Å²) in [4.78, 5) is 24.4. The van der Waals surface area contributed by atoms with Gasteiger partial charge in [0.25, 0.3) is 0 Å². The van der Waals surface area contributed by atoms with E-state index in [9.17, 15) is 9.59 Å². The van der Waals surface area contributed by atoms with Crippen molar-refractivity contribution >= 4 is 29.3 Å². The third kappa shape index (κ3) is 4.13. The van der Waals surface area contributed by atoms with Crippen molar-refractivity contribution < 1.29 is 14.7 Å². The van der Waals surface area contributed by atoms with Gasteiger partial charge in [0.2, 0.25) is 0 Å². The van der Waals surface area contributed by atoms with Crippen molar-refractivity contribution in [2.75, 3.05) is 11.9 Å². The smallest absolute Gasteiger partial charge is 0.322 e.